The van der Waals surface area contributed by atoms with Crippen LogP contribution in [0.25, 0.3) is 11.4 Å². The number of thioether (sulfide) groups is 1. The first-order valence-electron chi connectivity index (χ1n) is 7.11. The maximum Gasteiger partial charge on any atom is 0.237 e. The average Bonchev–Trinajstić information content (AvgIpc) is 2.95. The predicted molar refractivity (Wildman–Crippen MR) is 97.0 cm³/mol. The van der Waals surface area contributed by atoms with Crippen LogP contribution in [-0.2, 0) is 0 Å². The molecule has 1 aromatic heterocycles. The van der Waals surface area contributed by atoms with Gasteiger partial charge in [0, 0.05) is 10.0 Å². The van der Waals surface area contributed by atoms with E-state index < -0.39 is 4.65 Å². The molecule has 0 fully saturated rings. The minimum absolute atomic E-state index is 0.217. The standard InChI is InChI=1S/C15H17BrN4OS/c1-3-8-20(21)9-17-15(22-2)12-14(20)19-13(18-12)10-6-4-5-7-11(10)16/h4-7H,3,8-9H2,1-2H3,(H,18,19). The Morgan fingerprint density at radius 1 is 1.41 bits per heavy atom. The van der Waals surface area contributed by atoms with Crippen LogP contribution in [0.1, 0.15) is 19.0 Å². The number of hydrogen-bond acceptors (Lipinski definition) is 4. The largest absolute Gasteiger partial charge is 0.625 e. The average molecular weight is 381 g/mol. The van der Waals surface area contributed by atoms with Gasteiger partial charge in [0.05, 0.1) is 6.54 Å². The number of benzene rings is 1. The van der Waals surface area contributed by atoms with Crippen molar-refractivity contribution in [3.8, 4) is 11.4 Å². The second-order valence-corrected chi connectivity index (χ2v) is 6.83. The summed E-state index contributed by atoms with van der Waals surface area (Å²) in [6.07, 6.45) is 2.76. The van der Waals surface area contributed by atoms with Crippen molar-refractivity contribution in [3.63, 3.8) is 0 Å². The number of hydroxylamine groups is 2. The molecule has 1 atom stereocenters. The predicted octanol–water partition coefficient (Wildman–Crippen LogP) is 4.14. The normalized spacial score (nSPS) is 20.6. The lowest BCUT2D eigenvalue weighted by Gasteiger charge is -2.41. The third-order valence-corrected chi connectivity index (χ3v) is 5.05. The summed E-state index contributed by atoms with van der Waals surface area (Å²) < 4.78 is 0.482. The van der Waals surface area contributed by atoms with E-state index in [1.807, 2.05) is 37.4 Å². The highest BCUT2D eigenvalue weighted by atomic mass is 79.9. The zero-order valence-corrected chi connectivity index (χ0v) is 14.9. The first-order chi connectivity index (χ1) is 10.6. The summed E-state index contributed by atoms with van der Waals surface area (Å²) in [5.74, 6) is 1.32. The molecule has 1 aliphatic heterocycles. The van der Waals surface area contributed by atoms with Gasteiger partial charge in [0.25, 0.3) is 0 Å². The molecule has 2 heterocycles. The molecule has 0 radical (unpaired) electrons. The highest BCUT2D eigenvalue weighted by molar-refractivity contribution is 9.10. The molecule has 1 unspecified atom stereocenters. The molecule has 0 saturated heterocycles. The van der Waals surface area contributed by atoms with Crippen molar-refractivity contribution in [2.75, 3.05) is 19.5 Å². The van der Waals surface area contributed by atoms with Gasteiger partial charge < -0.3 is 5.21 Å². The van der Waals surface area contributed by atoms with Crippen LogP contribution >= 0.6 is 27.7 Å². The Kier molecular flexibility index (Phi) is 4.40. The summed E-state index contributed by atoms with van der Waals surface area (Å²) in [5.41, 5.74) is 1.63. The highest BCUT2D eigenvalue weighted by Gasteiger charge is 2.33. The molecule has 0 spiro atoms. The number of rotatable bonds is 3. The fourth-order valence-corrected chi connectivity index (χ4v) is 3.61. The molecule has 0 aliphatic carbocycles. The summed E-state index contributed by atoms with van der Waals surface area (Å²) in [6.45, 7) is 2.72. The lowest BCUT2D eigenvalue weighted by molar-refractivity contribution is 0.369. The summed E-state index contributed by atoms with van der Waals surface area (Å²) >= 11 is 5.07. The Hall–Kier alpha value is -1.15. The van der Waals surface area contributed by atoms with Gasteiger partial charge in [-0.25, -0.2) is 9.98 Å². The quantitative estimate of drug-likeness (QED) is 0.642. The van der Waals surface area contributed by atoms with Gasteiger partial charge in [0.1, 0.15) is 10.9 Å². The first-order valence-corrected chi connectivity index (χ1v) is 9.13. The Bertz CT molecular complexity index is 730. The molecule has 2 aromatic rings. The molecule has 0 saturated carbocycles. The molecule has 1 N–H and O–H groups in total. The van der Waals surface area contributed by atoms with Crippen molar-refractivity contribution < 1.29 is 0 Å². The van der Waals surface area contributed by atoms with Gasteiger partial charge >= 0.3 is 0 Å². The van der Waals surface area contributed by atoms with E-state index in [2.05, 4.69) is 30.9 Å². The maximum absolute atomic E-state index is 13.1. The van der Waals surface area contributed by atoms with Crippen LogP contribution in [-0.4, -0.2) is 34.5 Å². The van der Waals surface area contributed by atoms with Gasteiger partial charge in [-0.2, -0.15) is 0 Å². The minimum Gasteiger partial charge on any atom is -0.625 e. The van der Waals surface area contributed by atoms with Crippen LogP contribution in [0.5, 0.6) is 0 Å². The second kappa shape index (κ2) is 6.16. The Labute approximate surface area is 142 Å². The van der Waals surface area contributed by atoms with E-state index in [0.29, 0.717) is 23.9 Å². The molecule has 7 heteroatoms. The number of halogens is 1. The van der Waals surface area contributed by atoms with E-state index in [0.717, 1.165) is 21.5 Å². The molecular weight excluding hydrogens is 364 g/mol. The number of nitrogens with one attached hydrogen (secondary N) is 1. The number of aromatic amines is 1. The molecular formula is C15H17BrN4OS. The van der Waals surface area contributed by atoms with Crippen LogP contribution in [0, 0.1) is 5.21 Å². The summed E-state index contributed by atoms with van der Waals surface area (Å²) in [5, 5.41) is 13.9. The zero-order chi connectivity index (χ0) is 15.7. The van der Waals surface area contributed by atoms with Crippen molar-refractivity contribution in [2.24, 2.45) is 4.99 Å². The van der Waals surface area contributed by atoms with Crippen molar-refractivity contribution >= 4 is 38.6 Å². The summed E-state index contributed by atoms with van der Waals surface area (Å²) in [7, 11) is 0. The van der Waals surface area contributed by atoms with E-state index in [4.69, 9.17) is 0 Å². The van der Waals surface area contributed by atoms with E-state index in [1.54, 1.807) is 0 Å². The van der Waals surface area contributed by atoms with Crippen LogP contribution in [0.2, 0.25) is 0 Å². The molecule has 22 heavy (non-hydrogen) atoms. The number of aromatic nitrogens is 2. The number of nitrogens with zero attached hydrogens (tertiary/aromatic N) is 3. The highest BCUT2D eigenvalue weighted by Crippen LogP contribution is 2.36. The van der Waals surface area contributed by atoms with Crippen LogP contribution in [0.4, 0.5) is 5.82 Å². The van der Waals surface area contributed by atoms with Crippen LogP contribution in [0.15, 0.2) is 33.7 Å². The molecule has 1 aliphatic rings. The van der Waals surface area contributed by atoms with E-state index in [-0.39, 0.29) is 6.67 Å². The smallest absolute Gasteiger partial charge is 0.237 e. The number of fused-ring (bicyclic) bond motifs is 1. The Balaban J connectivity index is 2.14. The molecule has 1 aromatic carbocycles. The zero-order valence-electron chi connectivity index (χ0n) is 12.5. The number of imidazole rings is 1. The fourth-order valence-electron chi connectivity index (χ4n) is 2.62. The van der Waals surface area contributed by atoms with Crippen LogP contribution in [0.3, 0.4) is 0 Å². The fraction of sp³-hybridized carbons (Fsp3) is 0.333. The number of H-pyrrole nitrogens is 1. The maximum atomic E-state index is 13.1. The van der Waals surface area contributed by atoms with Crippen molar-refractivity contribution in [1.29, 1.82) is 0 Å². The first kappa shape index (κ1) is 15.7. The van der Waals surface area contributed by atoms with E-state index >= 15 is 0 Å². The van der Waals surface area contributed by atoms with Gasteiger partial charge in [0.2, 0.25) is 5.82 Å². The molecule has 0 amide bonds. The van der Waals surface area contributed by atoms with Crippen LogP contribution < -0.4 is 4.65 Å². The lowest BCUT2D eigenvalue weighted by Crippen LogP contribution is -2.47. The van der Waals surface area contributed by atoms with Crippen molar-refractivity contribution in [2.45, 2.75) is 13.3 Å². The topological polar surface area (TPSA) is 64.1 Å². The summed E-state index contributed by atoms with van der Waals surface area (Å²) in [6, 6.07) is 7.85. The van der Waals surface area contributed by atoms with Gasteiger partial charge in [-0.05, 0) is 18.7 Å². The molecule has 116 valence electrons. The summed E-state index contributed by atoms with van der Waals surface area (Å²) in [4.78, 5) is 12.3. The minimum atomic E-state index is -0.465. The van der Waals surface area contributed by atoms with Gasteiger partial charge in [-0.1, -0.05) is 41.1 Å². The lowest BCUT2D eigenvalue weighted by atomic mass is 10.2. The SMILES string of the molecule is CCC[N+]1([O-])CN=C(SC)c2nc(-c3ccccc3Br)[nH]c21. The van der Waals surface area contributed by atoms with E-state index in [1.165, 1.54) is 11.8 Å². The van der Waals surface area contributed by atoms with Gasteiger partial charge in [0.15, 0.2) is 12.4 Å². The van der Waals surface area contributed by atoms with Gasteiger partial charge in [-0.3, -0.25) is 9.63 Å². The third-order valence-electron chi connectivity index (χ3n) is 3.64. The molecule has 3 rings (SSSR count). The molecule has 5 nitrogen and oxygen atoms in total. The van der Waals surface area contributed by atoms with Crippen molar-refractivity contribution in [1.82, 2.24) is 14.6 Å². The van der Waals surface area contributed by atoms with E-state index in [9.17, 15) is 5.21 Å². The number of hydrogen-bond donors (Lipinski definition) is 1. The number of aliphatic imine (C=N–C) groups is 1. The second-order valence-electron chi connectivity index (χ2n) is 5.18. The van der Waals surface area contributed by atoms with Crippen molar-refractivity contribution in [3.05, 3.63) is 39.6 Å². The third kappa shape index (κ3) is 2.62. The molecule has 0 bridgehead atoms. The van der Waals surface area contributed by atoms with Gasteiger partial charge in [-0.15, -0.1) is 11.8 Å². The monoisotopic (exact) mass is 380 g/mol. The number of quaternary nitrogens is 1. The Morgan fingerprint density at radius 3 is 2.86 bits per heavy atom. The Morgan fingerprint density at radius 2 is 2.18 bits per heavy atom.